The van der Waals surface area contributed by atoms with Gasteiger partial charge >= 0.3 is 6.09 Å². The number of anilines is 1. The second-order valence-corrected chi connectivity index (χ2v) is 5.78. The van der Waals surface area contributed by atoms with E-state index in [1.807, 2.05) is 18.2 Å². The molecule has 7 nitrogen and oxygen atoms in total. The Morgan fingerprint density at radius 3 is 2.70 bits per heavy atom. The van der Waals surface area contributed by atoms with E-state index >= 15 is 0 Å². The third-order valence-electron chi connectivity index (χ3n) is 4.28. The minimum absolute atomic E-state index is 0.0986. The van der Waals surface area contributed by atoms with Gasteiger partial charge in [-0.3, -0.25) is 9.69 Å². The standard InChI is InChI=1S/C16H24N4O3/c1-17-15(21)12-20(16(22)23)11-7-13-5-9-19(10-6-13)14-4-2-3-8-18-14/h2-4,8,13H,5-7,9-12H2,1H3,(H,17,21)(H,22,23). The Morgan fingerprint density at radius 2 is 2.13 bits per heavy atom. The predicted molar refractivity (Wildman–Crippen MR) is 87.5 cm³/mol. The van der Waals surface area contributed by atoms with Crippen LogP contribution in [0.3, 0.4) is 0 Å². The van der Waals surface area contributed by atoms with Crippen molar-refractivity contribution in [1.82, 2.24) is 15.2 Å². The van der Waals surface area contributed by atoms with Crippen molar-refractivity contribution in [1.29, 1.82) is 0 Å². The molecule has 0 aromatic carbocycles. The average molecular weight is 320 g/mol. The highest BCUT2D eigenvalue weighted by molar-refractivity contribution is 5.81. The molecule has 23 heavy (non-hydrogen) atoms. The molecule has 0 atom stereocenters. The summed E-state index contributed by atoms with van der Waals surface area (Å²) in [6, 6.07) is 5.90. The van der Waals surface area contributed by atoms with Gasteiger partial charge in [-0.1, -0.05) is 6.07 Å². The molecule has 1 saturated heterocycles. The molecule has 1 aromatic rings. The van der Waals surface area contributed by atoms with E-state index in [9.17, 15) is 9.59 Å². The summed E-state index contributed by atoms with van der Waals surface area (Å²) in [7, 11) is 1.51. The largest absolute Gasteiger partial charge is 0.465 e. The van der Waals surface area contributed by atoms with Crippen LogP contribution in [0.15, 0.2) is 24.4 Å². The summed E-state index contributed by atoms with van der Waals surface area (Å²) in [5.41, 5.74) is 0. The maximum absolute atomic E-state index is 11.3. The van der Waals surface area contributed by atoms with Gasteiger partial charge in [0.05, 0.1) is 0 Å². The van der Waals surface area contributed by atoms with Crippen molar-refractivity contribution in [3.05, 3.63) is 24.4 Å². The first-order chi connectivity index (χ1) is 11.1. The van der Waals surface area contributed by atoms with Crippen molar-refractivity contribution in [2.24, 2.45) is 5.92 Å². The number of nitrogens with one attached hydrogen (secondary N) is 1. The Bertz CT molecular complexity index is 515. The summed E-state index contributed by atoms with van der Waals surface area (Å²) in [5.74, 6) is 1.21. The molecule has 1 aliphatic rings. The Kier molecular flexibility index (Phi) is 6.19. The van der Waals surface area contributed by atoms with Crippen LogP contribution in [0.25, 0.3) is 0 Å². The highest BCUT2D eigenvalue weighted by Crippen LogP contribution is 2.24. The van der Waals surface area contributed by atoms with E-state index in [-0.39, 0.29) is 12.5 Å². The molecule has 1 aliphatic heterocycles. The lowest BCUT2D eigenvalue weighted by Crippen LogP contribution is -2.41. The Balaban J connectivity index is 1.77. The fourth-order valence-corrected chi connectivity index (χ4v) is 2.82. The van der Waals surface area contributed by atoms with Crippen molar-refractivity contribution in [2.75, 3.05) is 38.1 Å². The van der Waals surface area contributed by atoms with Gasteiger partial charge in [-0.15, -0.1) is 0 Å². The number of amides is 2. The average Bonchev–Trinajstić information content (AvgIpc) is 2.59. The maximum atomic E-state index is 11.3. The van der Waals surface area contributed by atoms with Gasteiger partial charge in [0.15, 0.2) is 0 Å². The normalized spacial score (nSPS) is 15.3. The lowest BCUT2D eigenvalue weighted by molar-refractivity contribution is -0.121. The molecule has 0 aliphatic carbocycles. The summed E-state index contributed by atoms with van der Waals surface area (Å²) in [5, 5.41) is 11.6. The third-order valence-corrected chi connectivity index (χ3v) is 4.28. The zero-order valence-electron chi connectivity index (χ0n) is 13.4. The lowest BCUT2D eigenvalue weighted by atomic mass is 9.93. The number of pyridine rings is 1. The van der Waals surface area contributed by atoms with Gasteiger partial charge < -0.3 is 15.3 Å². The van der Waals surface area contributed by atoms with E-state index in [2.05, 4.69) is 15.2 Å². The molecule has 2 N–H and O–H groups in total. The number of hydrogen-bond acceptors (Lipinski definition) is 4. The van der Waals surface area contributed by atoms with Crippen LogP contribution < -0.4 is 10.2 Å². The number of likely N-dealkylation sites (N-methyl/N-ethyl adjacent to an activating group) is 1. The van der Waals surface area contributed by atoms with Gasteiger partial charge in [0.2, 0.25) is 5.91 Å². The van der Waals surface area contributed by atoms with Gasteiger partial charge in [0, 0.05) is 32.9 Å². The van der Waals surface area contributed by atoms with Gasteiger partial charge in [-0.25, -0.2) is 9.78 Å². The summed E-state index contributed by atoms with van der Waals surface area (Å²) in [4.78, 5) is 30.3. The summed E-state index contributed by atoms with van der Waals surface area (Å²) in [6.45, 7) is 2.17. The fourth-order valence-electron chi connectivity index (χ4n) is 2.82. The van der Waals surface area contributed by atoms with Crippen LogP contribution in [0.4, 0.5) is 10.6 Å². The van der Waals surface area contributed by atoms with Gasteiger partial charge in [0.25, 0.3) is 0 Å². The number of carbonyl (C=O) groups excluding carboxylic acids is 1. The van der Waals surface area contributed by atoms with E-state index in [1.165, 1.54) is 11.9 Å². The second-order valence-electron chi connectivity index (χ2n) is 5.78. The number of aromatic nitrogens is 1. The molecule has 1 fully saturated rings. The van der Waals surface area contributed by atoms with Crippen molar-refractivity contribution >= 4 is 17.8 Å². The number of nitrogens with zero attached hydrogens (tertiary/aromatic N) is 3. The van der Waals surface area contributed by atoms with Crippen LogP contribution in [-0.2, 0) is 4.79 Å². The molecule has 0 bridgehead atoms. The predicted octanol–water partition coefficient (Wildman–Crippen LogP) is 1.41. The van der Waals surface area contributed by atoms with Crippen LogP contribution >= 0.6 is 0 Å². The number of rotatable bonds is 6. The summed E-state index contributed by atoms with van der Waals surface area (Å²) in [6.07, 6.45) is 3.58. The summed E-state index contributed by atoms with van der Waals surface area (Å²) >= 11 is 0. The zero-order valence-corrected chi connectivity index (χ0v) is 13.4. The summed E-state index contributed by atoms with van der Waals surface area (Å²) < 4.78 is 0. The van der Waals surface area contributed by atoms with Crippen LogP contribution in [0, 0.1) is 5.92 Å². The Hall–Kier alpha value is -2.31. The maximum Gasteiger partial charge on any atom is 0.407 e. The first kappa shape index (κ1) is 17.1. The molecule has 1 aromatic heterocycles. The van der Waals surface area contributed by atoms with Crippen LogP contribution in [0.5, 0.6) is 0 Å². The highest BCUT2D eigenvalue weighted by Gasteiger charge is 2.22. The minimum atomic E-state index is -1.04. The number of carboxylic acid groups (broad SMARTS) is 1. The van der Waals surface area contributed by atoms with E-state index in [0.29, 0.717) is 12.5 Å². The van der Waals surface area contributed by atoms with Crippen molar-refractivity contribution in [2.45, 2.75) is 19.3 Å². The van der Waals surface area contributed by atoms with Crippen LogP contribution in [-0.4, -0.2) is 60.2 Å². The monoisotopic (exact) mass is 320 g/mol. The molecular formula is C16H24N4O3. The number of carbonyl (C=O) groups is 2. The SMILES string of the molecule is CNC(=O)CN(CCC1CCN(c2ccccn2)CC1)C(=O)O. The first-order valence-corrected chi connectivity index (χ1v) is 7.94. The molecule has 2 rings (SSSR count). The second kappa shape index (κ2) is 8.36. The Morgan fingerprint density at radius 1 is 1.39 bits per heavy atom. The van der Waals surface area contributed by atoms with E-state index < -0.39 is 6.09 Å². The first-order valence-electron chi connectivity index (χ1n) is 7.94. The molecule has 7 heteroatoms. The third kappa shape index (κ3) is 5.12. The van der Waals surface area contributed by atoms with Crippen LogP contribution in [0.1, 0.15) is 19.3 Å². The van der Waals surface area contributed by atoms with E-state index in [1.54, 1.807) is 6.20 Å². The molecule has 0 unspecified atom stereocenters. The topological polar surface area (TPSA) is 85.8 Å². The van der Waals surface area contributed by atoms with Gasteiger partial charge in [-0.05, 0) is 37.3 Å². The fraction of sp³-hybridized carbons (Fsp3) is 0.562. The van der Waals surface area contributed by atoms with Crippen LogP contribution in [0.2, 0.25) is 0 Å². The molecular weight excluding hydrogens is 296 g/mol. The van der Waals surface area contributed by atoms with Crippen molar-refractivity contribution in [3.8, 4) is 0 Å². The molecule has 2 heterocycles. The van der Waals surface area contributed by atoms with E-state index in [0.717, 1.165) is 38.2 Å². The van der Waals surface area contributed by atoms with Crippen molar-refractivity contribution < 1.29 is 14.7 Å². The minimum Gasteiger partial charge on any atom is -0.465 e. The molecule has 0 radical (unpaired) electrons. The smallest absolute Gasteiger partial charge is 0.407 e. The van der Waals surface area contributed by atoms with Gasteiger partial charge in [0.1, 0.15) is 12.4 Å². The molecule has 2 amide bonds. The molecule has 0 saturated carbocycles. The van der Waals surface area contributed by atoms with Gasteiger partial charge in [-0.2, -0.15) is 0 Å². The van der Waals surface area contributed by atoms with E-state index in [4.69, 9.17) is 5.11 Å². The highest BCUT2D eigenvalue weighted by atomic mass is 16.4. The number of piperidine rings is 1. The Labute approximate surface area is 136 Å². The zero-order chi connectivity index (χ0) is 16.7. The molecule has 0 spiro atoms. The lowest BCUT2D eigenvalue weighted by Gasteiger charge is -2.33. The quantitative estimate of drug-likeness (QED) is 0.828. The number of hydrogen-bond donors (Lipinski definition) is 2. The van der Waals surface area contributed by atoms with Crippen molar-refractivity contribution in [3.63, 3.8) is 0 Å². The molecule has 126 valence electrons.